The molecule has 0 N–H and O–H groups in total. The minimum Gasteiger partial charge on any atom is -0.488 e. The van der Waals surface area contributed by atoms with Crippen molar-refractivity contribution in [2.75, 3.05) is 0 Å². The second kappa shape index (κ2) is 11.8. The van der Waals surface area contributed by atoms with Gasteiger partial charge in [0.15, 0.2) is 17.5 Å². The van der Waals surface area contributed by atoms with Crippen LogP contribution in [0.25, 0.3) is 78.3 Å². The number of aromatic nitrogens is 3. The van der Waals surface area contributed by atoms with Gasteiger partial charge in [-0.05, 0) is 56.3 Å². The standard InChI is InChI=1S/C44H29N3O/c1-2-12-30(13-3-1)36-16-8-9-18-39(36)44-46-42(45-43(47-44)34-26-21-29-11-4-5-14-33(29)27-34)32-24-22-31(23-25-32)37-19-10-20-40-41(37)38-17-7-6-15-35(38)28-48-40/h1-27H,28H2. The number of hydrogen-bond acceptors (Lipinski definition) is 4. The Morgan fingerprint density at radius 1 is 0.375 bits per heavy atom. The van der Waals surface area contributed by atoms with E-state index in [1.807, 2.05) is 12.1 Å². The van der Waals surface area contributed by atoms with Crippen LogP contribution in [-0.4, -0.2) is 15.0 Å². The highest BCUT2D eigenvalue weighted by atomic mass is 16.5. The third-order valence-electron chi connectivity index (χ3n) is 9.05. The summed E-state index contributed by atoms with van der Waals surface area (Å²) in [6.45, 7) is 0.584. The zero-order chi connectivity index (χ0) is 31.9. The fourth-order valence-corrected chi connectivity index (χ4v) is 6.64. The molecule has 4 heteroatoms. The van der Waals surface area contributed by atoms with Gasteiger partial charge < -0.3 is 4.74 Å². The predicted octanol–water partition coefficient (Wildman–Crippen LogP) is 10.9. The van der Waals surface area contributed by atoms with Crippen LogP contribution in [0, 0.1) is 0 Å². The minimum atomic E-state index is 0.584. The van der Waals surface area contributed by atoms with Crippen molar-refractivity contribution in [2.45, 2.75) is 6.61 Å². The van der Waals surface area contributed by atoms with E-state index in [1.54, 1.807) is 0 Å². The molecule has 0 atom stereocenters. The van der Waals surface area contributed by atoms with Crippen LogP contribution in [0.3, 0.4) is 0 Å². The molecular weight excluding hydrogens is 587 g/mol. The van der Waals surface area contributed by atoms with Crippen molar-refractivity contribution in [3.63, 3.8) is 0 Å². The van der Waals surface area contributed by atoms with Gasteiger partial charge in [0.05, 0.1) is 0 Å². The summed E-state index contributed by atoms with van der Waals surface area (Å²) in [4.78, 5) is 15.3. The van der Waals surface area contributed by atoms with Crippen LogP contribution in [0.2, 0.25) is 0 Å². The van der Waals surface area contributed by atoms with Gasteiger partial charge in [-0.3, -0.25) is 0 Å². The molecule has 0 saturated carbocycles. The first-order chi connectivity index (χ1) is 23.8. The SMILES string of the molecule is c1ccc(-c2ccccc2-c2nc(-c3ccc(-c4cccc5c4-c4ccccc4CO5)cc3)nc(-c3ccc4ccccc4c3)n2)cc1. The second-order valence-corrected chi connectivity index (χ2v) is 12.0. The Hall–Kier alpha value is -6.39. The van der Waals surface area contributed by atoms with E-state index in [0.717, 1.165) is 55.6 Å². The molecule has 226 valence electrons. The van der Waals surface area contributed by atoms with Gasteiger partial charge in [-0.1, -0.05) is 152 Å². The van der Waals surface area contributed by atoms with Gasteiger partial charge in [0, 0.05) is 22.3 Å². The molecule has 1 aliphatic rings. The zero-order valence-electron chi connectivity index (χ0n) is 26.0. The molecule has 48 heavy (non-hydrogen) atoms. The summed E-state index contributed by atoms with van der Waals surface area (Å²) < 4.78 is 6.16. The topological polar surface area (TPSA) is 47.9 Å². The first-order valence-electron chi connectivity index (χ1n) is 16.1. The van der Waals surface area contributed by atoms with Crippen LogP contribution in [0.15, 0.2) is 164 Å². The van der Waals surface area contributed by atoms with E-state index in [9.17, 15) is 0 Å². The molecule has 0 saturated heterocycles. The van der Waals surface area contributed by atoms with Gasteiger partial charge >= 0.3 is 0 Å². The molecule has 0 aliphatic carbocycles. The fraction of sp³-hybridized carbons (Fsp3) is 0.0227. The van der Waals surface area contributed by atoms with Crippen LogP contribution >= 0.6 is 0 Å². The molecule has 9 rings (SSSR count). The van der Waals surface area contributed by atoms with Crippen molar-refractivity contribution in [3.8, 4) is 73.3 Å². The Morgan fingerprint density at radius 2 is 0.958 bits per heavy atom. The fourth-order valence-electron chi connectivity index (χ4n) is 6.64. The normalized spacial score (nSPS) is 11.8. The second-order valence-electron chi connectivity index (χ2n) is 12.0. The molecule has 1 aliphatic heterocycles. The average molecular weight is 616 g/mol. The van der Waals surface area contributed by atoms with Crippen LogP contribution < -0.4 is 4.74 Å². The molecule has 4 nitrogen and oxygen atoms in total. The largest absolute Gasteiger partial charge is 0.488 e. The number of ether oxygens (including phenoxy) is 1. The number of nitrogens with zero attached hydrogens (tertiary/aromatic N) is 3. The number of hydrogen-bond donors (Lipinski definition) is 0. The summed E-state index contributed by atoms with van der Waals surface area (Å²) in [6.07, 6.45) is 0. The average Bonchev–Trinajstić information content (AvgIpc) is 3.17. The highest BCUT2D eigenvalue weighted by Gasteiger charge is 2.21. The van der Waals surface area contributed by atoms with Crippen molar-refractivity contribution >= 4 is 10.8 Å². The number of benzene rings is 7. The highest BCUT2D eigenvalue weighted by Crippen LogP contribution is 2.44. The lowest BCUT2D eigenvalue weighted by Gasteiger charge is -2.23. The summed E-state index contributed by atoms with van der Waals surface area (Å²) in [6, 6.07) is 56.7. The molecule has 2 heterocycles. The Balaban J connectivity index is 1.18. The van der Waals surface area contributed by atoms with E-state index in [2.05, 4.69) is 152 Å². The monoisotopic (exact) mass is 615 g/mol. The molecule has 0 bridgehead atoms. The van der Waals surface area contributed by atoms with Crippen LogP contribution in [0.1, 0.15) is 5.56 Å². The molecule has 8 aromatic rings. The third kappa shape index (κ3) is 5.01. The maximum absolute atomic E-state index is 6.16. The van der Waals surface area contributed by atoms with Gasteiger partial charge in [-0.2, -0.15) is 0 Å². The van der Waals surface area contributed by atoms with E-state index in [1.165, 1.54) is 16.5 Å². The maximum Gasteiger partial charge on any atom is 0.164 e. The van der Waals surface area contributed by atoms with Crippen molar-refractivity contribution in [1.82, 2.24) is 15.0 Å². The van der Waals surface area contributed by atoms with Crippen molar-refractivity contribution in [2.24, 2.45) is 0 Å². The van der Waals surface area contributed by atoms with Crippen LogP contribution in [-0.2, 0) is 6.61 Å². The van der Waals surface area contributed by atoms with E-state index in [0.29, 0.717) is 24.1 Å². The van der Waals surface area contributed by atoms with Gasteiger partial charge in [0.25, 0.3) is 0 Å². The van der Waals surface area contributed by atoms with Crippen molar-refractivity contribution < 1.29 is 4.74 Å². The minimum absolute atomic E-state index is 0.584. The number of rotatable bonds is 5. The lowest BCUT2D eigenvalue weighted by atomic mass is 9.89. The molecule has 1 aromatic heterocycles. The van der Waals surface area contributed by atoms with Gasteiger partial charge in [0.2, 0.25) is 0 Å². The summed E-state index contributed by atoms with van der Waals surface area (Å²) in [5.41, 5.74) is 10.8. The van der Waals surface area contributed by atoms with Crippen molar-refractivity contribution in [3.05, 3.63) is 169 Å². The summed E-state index contributed by atoms with van der Waals surface area (Å²) in [5, 5.41) is 2.32. The summed E-state index contributed by atoms with van der Waals surface area (Å²) in [7, 11) is 0. The highest BCUT2D eigenvalue weighted by molar-refractivity contribution is 5.91. The number of fused-ring (bicyclic) bond motifs is 4. The Morgan fingerprint density at radius 3 is 1.79 bits per heavy atom. The first kappa shape index (κ1) is 27.9. The van der Waals surface area contributed by atoms with Crippen molar-refractivity contribution in [1.29, 1.82) is 0 Å². The lowest BCUT2D eigenvalue weighted by molar-refractivity contribution is 0.302. The Kier molecular flexibility index (Phi) is 6.83. The molecule has 0 radical (unpaired) electrons. The Bertz CT molecular complexity index is 2450. The summed E-state index contributed by atoms with van der Waals surface area (Å²) >= 11 is 0. The van der Waals surface area contributed by atoms with Gasteiger partial charge in [-0.25, -0.2) is 15.0 Å². The molecule has 0 spiro atoms. The maximum atomic E-state index is 6.16. The molecule has 0 amide bonds. The Labute approximate surface area is 279 Å². The van der Waals surface area contributed by atoms with Crippen LogP contribution in [0.5, 0.6) is 5.75 Å². The van der Waals surface area contributed by atoms with E-state index in [4.69, 9.17) is 19.7 Å². The zero-order valence-corrected chi connectivity index (χ0v) is 26.0. The van der Waals surface area contributed by atoms with Gasteiger partial charge in [0.1, 0.15) is 12.4 Å². The lowest BCUT2D eigenvalue weighted by Crippen LogP contribution is -2.06. The smallest absolute Gasteiger partial charge is 0.164 e. The van der Waals surface area contributed by atoms with E-state index in [-0.39, 0.29) is 0 Å². The van der Waals surface area contributed by atoms with E-state index >= 15 is 0 Å². The quantitative estimate of drug-likeness (QED) is 0.193. The third-order valence-corrected chi connectivity index (χ3v) is 9.05. The first-order valence-corrected chi connectivity index (χ1v) is 16.1. The molecular formula is C44H29N3O. The summed E-state index contributed by atoms with van der Waals surface area (Å²) in [5.74, 6) is 2.81. The molecule has 0 fully saturated rings. The predicted molar refractivity (Wildman–Crippen MR) is 194 cm³/mol. The molecule has 0 unspecified atom stereocenters. The van der Waals surface area contributed by atoms with E-state index < -0.39 is 0 Å². The molecule has 7 aromatic carbocycles. The van der Waals surface area contributed by atoms with Gasteiger partial charge in [-0.15, -0.1) is 0 Å². The van der Waals surface area contributed by atoms with Crippen LogP contribution in [0.4, 0.5) is 0 Å².